The maximum atomic E-state index is 3.39. The van der Waals surface area contributed by atoms with Gasteiger partial charge in [-0.15, -0.1) is 0 Å². The van der Waals surface area contributed by atoms with Crippen molar-refractivity contribution in [2.24, 2.45) is 5.92 Å². The summed E-state index contributed by atoms with van der Waals surface area (Å²) >= 11 is 0. The highest BCUT2D eigenvalue weighted by molar-refractivity contribution is 5.23. The second-order valence-corrected chi connectivity index (χ2v) is 5.56. The number of likely N-dealkylation sites (tertiary alicyclic amines) is 1. The van der Waals surface area contributed by atoms with E-state index in [2.05, 4.69) is 48.3 Å². The maximum absolute atomic E-state index is 3.39. The van der Waals surface area contributed by atoms with Crippen LogP contribution in [0.3, 0.4) is 0 Å². The fourth-order valence-electron chi connectivity index (χ4n) is 2.59. The number of rotatable bonds is 5. The molecule has 0 saturated carbocycles. The Bertz CT molecular complexity index is 354. The molecule has 2 nitrogen and oxygen atoms in total. The molecule has 1 aliphatic heterocycles. The van der Waals surface area contributed by atoms with E-state index in [4.69, 9.17) is 0 Å². The van der Waals surface area contributed by atoms with Crippen molar-refractivity contribution >= 4 is 0 Å². The van der Waals surface area contributed by atoms with Gasteiger partial charge in [-0.2, -0.15) is 0 Å². The van der Waals surface area contributed by atoms with Crippen molar-refractivity contribution in [2.75, 3.05) is 19.6 Å². The lowest BCUT2D eigenvalue weighted by Crippen LogP contribution is -2.32. The Morgan fingerprint density at radius 2 is 1.94 bits per heavy atom. The van der Waals surface area contributed by atoms with Crippen LogP contribution in [0.2, 0.25) is 0 Å². The number of nitrogens with one attached hydrogen (secondary N) is 1. The molecule has 0 aromatic heterocycles. The average molecular weight is 246 g/mol. The van der Waals surface area contributed by atoms with Gasteiger partial charge >= 0.3 is 0 Å². The van der Waals surface area contributed by atoms with Gasteiger partial charge in [0.2, 0.25) is 0 Å². The van der Waals surface area contributed by atoms with Crippen molar-refractivity contribution in [3.63, 3.8) is 0 Å². The van der Waals surface area contributed by atoms with Crippen LogP contribution in [-0.4, -0.2) is 24.5 Å². The Morgan fingerprint density at radius 3 is 2.67 bits per heavy atom. The third-order valence-electron chi connectivity index (χ3n) is 3.85. The smallest absolute Gasteiger partial charge is 0.0233 e. The predicted octanol–water partition coefficient (Wildman–Crippen LogP) is 3.03. The van der Waals surface area contributed by atoms with Crippen LogP contribution in [0.4, 0.5) is 0 Å². The van der Waals surface area contributed by atoms with E-state index in [9.17, 15) is 0 Å². The van der Waals surface area contributed by atoms with E-state index in [-0.39, 0.29) is 0 Å². The quantitative estimate of drug-likeness (QED) is 0.859. The zero-order chi connectivity index (χ0) is 12.8. The number of nitrogens with zero attached hydrogens (tertiary/aromatic N) is 1. The van der Waals surface area contributed by atoms with Gasteiger partial charge in [-0.25, -0.2) is 0 Å². The fraction of sp³-hybridized carbons (Fsp3) is 0.625. The number of hydrogen-bond donors (Lipinski definition) is 1. The SMILES string of the molecule is CCNCc1cccc(CN2CCC(C)CC2)c1. The minimum absolute atomic E-state index is 0.918. The molecule has 1 aromatic rings. The Kier molecular flexibility index (Phi) is 5.21. The molecule has 0 amide bonds. The van der Waals surface area contributed by atoms with Crippen molar-refractivity contribution in [1.29, 1.82) is 0 Å². The summed E-state index contributed by atoms with van der Waals surface area (Å²) in [6, 6.07) is 9.01. The van der Waals surface area contributed by atoms with Crippen LogP contribution >= 0.6 is 0 Å². The molecule has 18 heavy (non-hydrogen) atoms. The van der Waals surface area contributed by atoms with Crippen LogP contribution in [-0.2, 0) is 13.1 Å². The van der Waals surface area contributed by atoms with Gasteiger partial charge < -0.3 is 5.32 Å². The second-order valence-electron chi connectivity index (χ2n) is 5.56. The van der Waals surface area contributed by atoms with Crippen molar-refractivity contribution < 1.29 is 0 Å². The molecule has 1 N–H and O–H groups in total. The van der Waals surface area contributed by atoms with Crippen LogP contribution in [0.25, 0.3) is 0 Å². The molecule has 0 unspecified atom stereocenters. The predicted molar refractivity (Wildman–Crippen MR) is 77.5 cm³/mol. The van der Waals surface area contributed by atoms with Gasteiger partial charge in [-0.05, 0) is 49.5 Å². The highest BCUT2D eigenvalue weighted by Gasteiger charge is 2.15. The fourth-order valence-corrected chi connectivity index (χ4v) is 2.59. The minimum atomic E-state index is 0.918. The minimum Gasteiger partial charge on any atom is -0.313 e. The van der Waals surface area contributed by atoms with E-state index in [1.54, 1.807) is 0 Å². The summed E-state index contributed by atoms with van der Waals surface area (Å²) in [4.78, 5) is 2.59. The van der Waals surface area contributed by atoms with Crippen LogP contribution in [0.1, 0.15) is 37.8 Å². The Labute approximate surface area is 111 Å². The summed E-state index contributed by atoms with van der Waals surface area (Å²) in [6.45, 7) is 10.2. The molecular weight excluding hydrogens is 220 g/mol. The van der Waals surface area contributed by atoms with Crippen molar-refractivity contribution in [3.8, 4) is 0 Å². The summed E-state index contributed by atoms with van der Waals surface area (Å²) in [7, 11) is 0. The van der Waals surface area contributed by atoms with Crippen LogP contribution in [0.5, 0.6) is 0 Å². The summed E-state index contributed by atoms with van der Waals surface area (Å²) in [5, 5.41) is 3.39. The third kappa shape index (κ3) is 4.11. The first kappa shape index (κ1) is 13.6. The molecule has 2 heteroatoms. The third-order valence-corrected chi connectivity index (χ3v) is 3.85. The van der Waals surface area contributed by atoms with E-state index in [0.29, 0.717) is 0 Å². The molecule has 1 aromatic carbocycles. The molecule has 1 saturated heterocycles. The zero-order valence-corrected chi connectivity index (χ0v) is 11.8. The second kappa shape index (κ2) is 6.91. The average Bonchev–Trinajstić information content (AvgIpc) is 2.40. The summed E-state index contributed by atoms with van der Waals surface area (Å²) in [5.41, 5.74) is 2.86. The van der Waals surface area contributed by atoms with Crippen molar-refractivity contribution in [3.05, 3.63) is 35.4 Å². The van der Waals surface area contributed by atoms with Crippen molar-refractivity contribution in [2.45, 2.75) is 39.8 Å². The summed E-state index contributed by atoms with van der Waals surface area (Å²) < 4.78 is 0. The van der Waals surface area contributed by atoms with E-state index in [1.165, 1.54) is 37.1 Å². The summed E-state index contributed by atoms with van der Waals surface area (Å²) in [5.74, 6) is 0.918. The molecule has 1 fully saturated rings. The molecule has 1 aliphatic rings. The van der Waals surface area contributed by atoms with E-state index in [1.807, 2.05) is 0 Å². The van der Waals surface area contributed by atoms with Crippen LogP contribution in [0.15, 0.2) is 24.3 Å². The molecule has 0 aliphatic carbocycles. The van der Waals surface area contributed by atoms with Gasteiger partial charge in [0.05, 0.1) is 0 Å². The first-order valence-corrected chi connectivity index (χ1v) is 7.29. The van der Waals surface area contributed by atoms with Crippen molar-refractivity contribution in [1.82, 2.24) is 10.2 Å². The Hall–Kier alpha value is -0.860. The van der Waals surface area contributed by atoms with Gasteiger partial charge in [-0.1, -0.05) is 38.1 Å². The molecule has 0 spiro atoms. The number of piperidine rings is 1. The lowest BCUT2D eigenvalue weighted by Gasteiger charge is -2.30. The lowest BCUT2D eigenvalue weighted by molar-refractivity contribution is 0.185. The highest BCUT2D eigenvalue weighted by atomic mass is 15.1. The molecule has 0 atom stereocenters. The van der Waals surface area contributed by atoms with E-state index in [0.717, 1.165) is 25.6 Å². The van der Waals surface area contributed by atoms with Crippen LogP contribution in [0, 0.1) is 5.92 Å². The normalized spacial score (nSPS) is 18.1. The summed E-state index contributed by atoms with van der Waals surface area (Å²) in [6.07, 6.45) is 2.72. The first-order valence-electron chi connectivity index (χ1n) is 7.29. The standard InChI is InChI=1S/C16H26N2/c1-3-17-12-15-5-4-6-16(11-15)13-18-9-7-14(2)8-10-18/h4-6,11,14,17H,3,7-10,12-13H2,1-2H3. The largest absolute Gasteiger partial charge is 0.313 e. The van der Waals surface area contributed by atoms with Gasteiger partial charge in [0, 0.05) is 13.1 Å². The molecular formula is C16H26N2. The molecule has 1 heterocycles. The van der Waals surface area contributed by atoms with Gasteiger partial charge in [-0.3, -0.25) is 4.90 Å². The zero-order valence-electron chi connectivity index (χ0n) is 11.8. The van der Waals surface area contributed by atoms with Gasteiger partial charge in [0.1, 0.15) is 0 Å². The Balaban J connectivity index is 1.88. The monoisotopic (exact) mass is 246 g/mol. The molecule has 100 valence electrons. The maximum Gasteiger partial charge on any atom is 0.0233 e. The van der Waals surface area contributed by atoms with E-state index < -0.39 is 0 Å². The van der Waals surface area contributed by atoms with E-state index >= 15 is 0 Å². The van der Waals surface area contributed by atoms with Gasteiger partial charge in [0.25, 0.3) is 0 Å². The topological polar surface area (TPSA) is 15.3 Å². The lowest BCUT2D eigenvalue weighted by atomic mass is 9.98. The highest BCUT2D eigenvalue weighted by Crippen LogP contribution is 2.18. The van der Waals surface area contributed by atoms with Crippen LogP contribution < -0.4 is 5.32 Å². The Morgan fingerprint density at radius 1 is 1.22 bits per heavy atom. The number of benzene rings is 1. The first-order chi connectivity index (χ1) is 8.78. The molecule has 0 bridgehead atoms. The molecule has 2 rings (SSSR count). The van der Waals surface area contributed by atoms with Gasteiger partial charge in [0.15, 0.2) is 0 Å². The number of hydrogen-bond acceptors (Lipinski definition) is 2. The molecule has 0 radical (unpaired) electrons.